The predicted octanol–water partition coefficient (Wildman–Crippen LogP) is 2.56. The SMILES string of the molecule is COc1ccc(-c2nc(COC(=O)c3nccnc3N)cs2)cc1OC. The van der Waals surface area contributed by atoms with Crippen molar-refractivity contribution in [3.8, 4) is 22.1 Å². The summed E-state index contributed by atoms with van der Waals surface area (Å²) in [4.78, 5) is 24.2. The maximum absolute atomic E-state index is 12.0. The number of esters is 1. The summed E-state index contributed by atoms with van der Waals surface area (Å²) in [5.74, 6) is 0.646. The molecule has 1 aromatic carbocycles. The Balaban J connectivity index is 1.70. The second-order valence-electron chi connectivity index (χ2n) is 5.08. The molecule has 3 aromatic rings. The molecule has 0 aliphatic heterocycles. The number of nitrogens with zero attached hydrogens (tertiary/aromatic N) is 3. The quantitative estimate of drug-likeness (QED) is 0.658. The Bertz CT molecular complexity index is 929. The van der Waals surface area contributed by atoms with Crippen LogP contribution in [0.3, 0.4) is 0 Å². The zero-order valence-corrected chi connectivity index (χ0v) is 14.9. The summed E-state index contributed by atoms with van der Waals surface area (Å²) in [6.07, 6.45) is 2.78. The molecule has 3 rings (SSSR count). The van der Waals surface area contributed by atoms with Gasteiger partial charge in [-0.1, -0.05) is 0 Å². The van der Waals surface area contributed by atoms with Gasteiger partial charge in [0.1, 0.15) is 11.6 Å². The van der Waals surface area contributed by atoms with E-state index in [9.17, 15) is 4.79 Å². The summed E-state index contributed by atoms with van der Waals surface area (Å²) in [7, 11) is 3.16. The lowest BCUT2D eigenvalue weighted by molar-refractivity contribution is 0.0462. The number of thiazole rings is 1. The first kappa shape index (κ1) is 17.6. The maximum Gasteiger partial charge on any atom is 0.361 e. The fraction of sp³-hybridized carbons (Fsp3) is 0.176. The molecular formula is C17H16N4O4S. The number of hydrogen-bond donors (Lipinski definition) is 1. The van der Waals surface area contributed by atoms with Crippen LogP contribution in [0.15, 0.2) is 36.0 Å². The molecule has 9 heteroatoms. The van der Waals surface area contributed by atoms with Crippen LogP contribution in [0.1, 0.15) is 16.2 Å². The summed E-state index contributed by atoms with van der Waals surface area (Å²) in [6, 6.07) is 5.54. The lowest BCUT2D eigenvalue weighted by Gasteiger charge is -2.08. The molecule has 0 saturated heterocycles. The van der Waals surface area contributed by atoms with Crippen LogP contribution in [-0.4, -0.2) is 35.1 Å². The minimum atomic E-state index is -0.642. The lowest BCUT2D eigenvalue weighted by atomic mass is 10.2. The molecule has 0 spiro atoms. The van der Waals surface area contributed by atoms with Crippen molar-refractivity contribution >= 4 is 23.1 Å². The van der Waals surface area contributed by atoms with Crippen molar-refractivity contribution in [3.63, 3.8) is 0 Å². The van der Waals surface area contributed by atoms with Gasteiger partial charge in [-0.15, -0.1) is 11.3 Å². The topological polar surface area (TPSA) is 109 Å². The van der Waals surface area contributed by atoms with Gasteiger partial charge in [-0.2, -0.15) is 0 Å². The smallest absolute Gasteiger partial charge is 0.361 e. The first-order valence-corrected chi connectivity index (χ1v) is 8.40. The van der Waals surface area contributed by atoms with Gasteiger partial charge in [0.05, 0.1) is 19.9 Å². The van der Waals surface area contributed by atoms with Crippen LogP contribution in [0.2, 0.25) is 0 Å². The average molecular weight is 372 g/mol. The Morgan fingerprint density at radius 2 is 1.92 bits per heavy atom. The van der Waals surface area contributed by atoms with Crippen molar-refractivity contribution in [1.29, 1.82) is 0 Å². The van der Waals surface area contributed by atoms with Crippen LogP contribution >= 0.6 is 11.3 Å². The fourth-order valence-corrected chi connectivity index (χ4v) is 2.99. The number of benzene rings is 1. The Kier molecular flexibility index (Phi) is 5.28. The minimum Gasteiger partial charge on any atom is -0.493 e. The zero-order chi connectivity index (χ0) is 18.5. The van der Waals surface area contributed by atoms with Crippen LogP contribution < -0.4 is 15.2 Å². The number of anilines is 1. The van der Waals surface area contributed by atoms with Gasteiger partial charge in [0.15, 0.2) is 23.0 Å². The number of rotatable bonds is 6. The Morgan fingerprint density at radius 1 is 1.15 bits per heavy atom. The van der Waals surface area contributed by atoms with Crippen LogP contribution in [0, 0.1) is 0 Å². The normalized spacial score (nSPS) is 10.4. The van der Waals surface area contributed by atoms with E-state index < -0.39 is 5.97 Å². The van der Waals surface area contributed by atoms with Gasteiger partial charge in [0.25, 0.3) is 0 Å². The molecular weight excluding hydrogens is 356 g/mol. The summed E-state index contributed by atoms with van der Waals surface area (Å²) >= 11 is 1.43. The van der Waals surface area contributed by atoms with E-state index >= 15 is 0 Å². The monoisotopic (exact) mass is 372 g/mol. The number of ether oxygens (including phenoxy) is 3. The molecule has 0 fully saturated rings. The largest absolute Gasteiger partial charge is 0.493 e. The van der Waals surface area contributed by atoms with Gasteiger partial charge < -0.3 is 19.9 Å². The molecule has 26 heavy (non-hydrogen) atoms. The Morgan fingerprint density at radius 3 is 2.65 bits per heavy atom. The van der Waals surface area contributed by atoms with Gasteiger partial charge in [-0.25, -0.2) is 19.7 Å². The number of hydrogen-bond acceptors (Lipinski definition) is 9. The predicted molar refractivity (Wildman–Crippen MR) is 96.2 cm³/mol. The van der Waals surface area contributed by atoms with E-state index in [-0.39, 0.29) is 18.1 Å². The lowest BCUT2D eigenvalue weighted by Crippen LogP contribution is -2.11. The van der Waals surface area contributed by atoms with E-state index in [0.717, 1.165) is 10.6 Å². The molecule has 0 bridgehead atoms. The van der Waals surface area contributed by atoms with Gasteiger partial charge in [0, 0.05) is 23.3 Å². The highest BCUT2D eigenvalue weighted by Gasteiger charge is 2.15. The number of methoxy groups -OCH3 is 2. The highest BCUT2D eigenvalue weighted by Crippen LogP contribution is 2.33. The van der Waals surface area contributed by atoms with Crippen molar-refractivity contribution in [2.24, 2.45) is 0 Å². The van der Waals surface area contributed by atoms with Crippen molar-refractivity contribution in [1.82, 2.24) is 15.0 Å². The number of carbonyl (C=O) groups is 1. The van der Waals surface area contributed by atoms with Gasteiger partial charge in [-0.05, 0) is 18.2 Å². The van der Waals surface area contributed by atoms with Crippen molar-refractivity contribution in [2.45, 2.75) is 6.61 Å². The van der Waals surface area contributed by atoms with Crippen molar-refractivity contribution < 1.29 is 19.0 Å². The van der Waals surface area contributed by atoms with E-state index in [4.69, 9.17) is 19.9 Å². The molecule has 0 aliphatic rings. The summed E-state index contributed by atoms with van der Waals surface area (Å²) in [5, 5.41) is 2.59. The van der Waals surface area contributed by atoms with Crippen molar-refractivity contribution in [2.75, 3.05) is 20.0 Å². The average Bonchev–Trinajstić information content (AvgIpc) is 3.15. The number of nitrogens with two attached hydrogens (primary N) is 1. The molecule has 0 aliphatic carbocycles. The Labute approximate surface area is 153 Å². The number of nitrogen functional groups attached to an aromatic ring is 1. The summed E-state index contributed by atoms with van der Waals surface area (Å²) < 4.78 is 15.7. The fourth-order valence-electron chi connectivity index (χ4n) is 2.19. The van der Waals surface area contributed by atoms with Crippen LogP contribution in [0.25, 0.3) is 10.6 Å². The van der Waals surface area contributed by atoms with E-state index in [1.54, 1.807) is 14.2 Å². The second-order valence-corrected chi connectivity index (χ2v) is 5.94. The molecule has 2 N–H and O–H groups in total. The maximum atomic E-state index is 12.0. The third kappa shape index (κ3) is 3.72. The third-order valence-electron chi connectivity index (χ3n) is 3.45. The molecule has 2 aromatic heterocycles. The zero-order valence-electron chi connectivity index (χ0n) is 14.1. The number of carbonyl (C=O) groups excluding carboxylic acids is 1. The first-order valence-electron chi connectivity index (χ1n) is 7.52. The van der Waals surface area contributed by atoms with Gasteiger partial charge in [0.2, 0.25) is 0 Å². The third-order valence-corrected chi connectivity index (χ3v) is 4.39. The van der Waals surface area contributed by atoms with Gasteiger partial charge in [-0.3, -0.25) is 0 Å². The molecule has 8 nitrogen and oxygen atoms in total. The van der Waals surface area contributed by atoms with Crippen molar-refractivity contribution in [3.05, 3.63) is 47.4 Å². The minimum absolute atomic E-state index is 0.0113. The first-order chi connectivity index (χ1) is 12.6. The van der Waals surface area contributed by atoms with E-state index in [1.165, 1.54) is 23.7 Å². The summed E-state index contributed by atoms with van der Waals surface area (Å²) in [6.45, 7) is 0.0125. The highest BCUT2D eigenvalue weighted by atomic mass is 32.1. The molecule has 2 heterocycles. The highest BCUT2D eigenvalue weighted by molar-refractivity contribution is 7.13. The van der Waals surface area contributed by atoms with Crippen LogP contribution in [0.4, 0.5) is 5.82 Å². The molecule has 0 saturated carbocycles. The molecule has 0 amide bonds. The summed E-state index contributed by atoms with van der Waals surface area (Å²) in [5.41, 5.74) is 7.10. The number of aromatic nitrogens is 3. The molecule has 0 atom stereocenters. The Hall–Kier alpha value is -3.20. The van der Waals surface area contributed by atoms with E-state index in [2.05, 4.69) is 15.0 Å². The van der Waals surface area contributed by atoms with Crippen LogP contribution in [0.5, 0.6) is 11.5 Å². The second kappa shape index (κ2) is 7.79. The molecule has 0 radical (unpaired) electrons. The van der Waals surface area contributed by atoms with Gasteiger partial charge >= 0.3 is 5.97 Å². The molecule has 134 valence electrons. The standard InChI is InChI=1S/C17H16N4O4S/c1-23-12-4-3-10(7-13(12)24-2)16-21-11(9-26-16)8-25-17(22)14-15(18)20-6-5-19-14/h3-7,9H,8H2,1-2H3,(H2,18,20). The van der Waals surface area contributed by atoms with Crippen LogP contribution in [-0.2, 0) is 11.3 Å². The molecule has 0 unspecified atom stereocenters. The van der Waals surface area contributed by atoms with E-state index in [0.29, 0.717) is 17.2 Å². The van der Waals surface area contributed by atoms with E-state index in [1.807, 2.05) is 23.6 Å².